The van der Waals surface area contributed by atoms with Crippen molar-refractivity contribution in [3.63, 3.8) is 0 Å². The minimum Gasteiger partial charge on any atom is -0.492 e. The van der Waals surface area contributed by atoms with Gasteiger partial charge in [0.15, 0.2) is 0 Å². The third kappa shape index (κ3) is 7.38. The Morgan fingerprint density at radius 1 is 1.06 bits per heavy atom. The van der Waals surface area contributed by atoms with Gasteiger partial charge in [0.05, 0.1) is 35.6 Å². The van der Waals surface area contributed by atoms with Crippen LogP contribution in [0.1, 0.15) is 27.0 Å². The summed E-state index contributed by atoms with van der Waals surface area (Å²) in [6.45, 7) is 2.21. The Bertz CT molecular complexity index is 1330. The molecule has 0 atom stereocenters. The number of rotatable bonds is 9. The summed E-state index contributed by atoms with van der Waals surface area (Å²) in [6, 6.07) is 16.1. The number of sulfonamides is 1. The Kier molecular flexibility index (Phi) is 8.52. The zero-order valence-electron chi connectivity index (χ0n) is 19.5. The fraction of sp³-hybridized carbons (Fsp3) is 0.240. The number of aryl methyl sites for hydroxylation is 1. The summed E-state index contributed by atoms with van der Waals surface area (Å²) in [5.41, 5.74) is 0.533. The molecule has 0 unspecified atom stereocenters. The van der Waals surface area contributed by atoms with Gasteiger partial charge in [0.1, 0.15) is 12.4 Å². The molecule has 3 aromatic rings. The summed E-state index contributed by atoms with van der Waals surface area (Å²) in [7, 11) is -3.98. The average Bonchev–Trinajstić information content (AvgIpc) is 2.80. The lowest BCUT2D eigenvalue weighted by molar-refractivity contribution is -0.137. The van der Waals surface area contributed by atoms with Crippen LogP contribution in [0.25, 0.3) is 0 Å². The fourth-order valence-corrected chi connectivity index (χ4v) is 4.49. The van der Waals surface area contributed by atoms with Crippen molar-refractivity contribution < 1.29 is 31.1 Å². The van der Waals surface area contributed by atoms with E-state index in [4.69, 9.17) is 16.3 Å². The molecule has 0 fully saturated rings. The van der Waals surface area contributed by atoms with E-state index in [1.54, 1.807) is 0 Å². The molecule has 0 aliphatic heterocycles. The second-order valence-electron chi connectivity index (χ2n) is 8.05. The summed E-state index contributed by atoms with van der Waals surface area (Å²) in [6.07, 6.45) is -3.78. The molecule has 1 amide bonds. The van der Waals surface area contributed by atoms with E-state index in [2.05, 4.69) is 5.32 Å². The number of halogens is 4. The summed E-state index contributed by atoms with van der Waals surface area (Å²) in [5, 5.41) is 2.59. The number of alkyl halides is 3. The van der Waals surface area contributed by atoms with Gasteiger partial charge in [0.25, 0.3) is 5.91 Å². The van der Waals surface area contributed by atoms with E-state index >= 15 is 0 Å². The highest BCUT2D eigenvalue weighted by Crippen LogP contribution is 2.36. The summed E-state index contributed by atoms with van der Waals surface area (Å²) in [5.74, 6) is 0.347. The van der Waals surface area contributed by atoms with Gasteiger partial charge in [-0.1, -0.05) is 35.9 Å². The minimum atomic E-state index is -4.66. The van der Waals surface area contributed by atoms with E-state index in [0.717, 1.165) is 28.3 Å². The van der Waals surface area contributed by atoms with Crippen LogP contribution in [-0.4, -0.2) is 33.7 Å². The van der Waals surface area contributed by atoms with Gasteiger partial charge in [-0.15, -0.1) is 0 Å². The molecule has 3 rings (SSSR count). The molecular weight excluding hydrogens is 517 g/mol. The van der Waals surface area contributed by atoms with Crippen molar-refractivity contribution >= 4 is 33.2 Å². The summed E-state index contributed by atoms with van der Waals surface area (Å²) < 4.78 is 70.7. The molecule has 0 saturated heterocycles. The maximum absolute atomic E-state index is 13.2. The van der Waals surface area contributed by atoms with Crippen LogP contribution < -0.4 is 14.4 Å². The van der Waals surface area contributed by atoms with Gasteiger partial charge in [-0.05, 0) is 60.5 Å². The maximum Gasteiger partial charge on any atom is 0.416 e. The van der Waals surface area contributed by atoms with Crippen LogP contribution in [0.4, 0.5) is 18.9 Å². The molecule has 3 aromatic carbocycles. The number of nitrogens with one attached hydrogen (secondary N) is 1. The van der Waals surface area contributed by atoms with Crippen molar-refractivity contribution in [3.8, 4) is 5.75 Å². The number of benzene rings is 3. The Morgan fingerprint density at radius 3 is 2.36 bits per heavy atom. The van der Waals surface area contributed by atoms with Crippen molar-refractivity contribution in [1.82, 2.24) is 5.32 Å². The Balaban J connectivity index is 1.67. The molecule has 0 aliphatic carbocycles. The van der Waals surface area contributed by atoms with Gasteiger partial charge < -0.3 is 10.1 Å². The number of nitrogens with zero attached hydrogens (tertiary/aromatic N) is 1. The number of ether oxygens (including phenoxy) is 1. The minimum absolute atomic E-state index is 0.141. The molecule has 36 heavy (non-hydrogen) atoms. The Hall–Kier alpha value is -3.24. The predicted molar refractivity (Wildman–Crippen MR) is 133 cm³/mol. The lowest BCUT2D eigenvalue weighted by Crippen LogP contribution is -2.30. The number of carbonyl (C=O) groups excluding carboxylic acids is 1. The topological polar surface area (TPSA) is 75.7 Å². The lowest BCUT2D eigenvalue weighted by Gasteiger charge is -2.24. The van der Waals surface area contributed by atoms with Crippen LogP contribution in [-0.2, 0) is 22.7 Å². The molecule has 0 saturated carbocycles. The molecular formula is C25H24ClF3N2O4S. The Morgan fingerprint density at radius 2 is 1.75 bits per heavy atom. The maximum atomic E-state index is 13.2. The monoisotopic (exact) mass is 540 g/mol. The zero-order chi connectivity index (χ0) is 26.5. The largest absolute Gasteiger partial charge is 0.492 e. The molecule has 0 radical (unpaired) electrons. The first-order valence-corrected chi connectivity index (χ1v) is 13.0. The van der Waals surface area contributed by atoms with Crippen LogP contribution >= 0.6 is 11.6 Å². The van der Waals surface area contributed by atoms with E-state index in [-0.39, 0.29) is 36.3 Å². The van der Waals surface area contributed by atoms with Gasteiger partial charge in [-0.25, -0.2) is 8.42 Å². The highest BCUT2D eigenvalue weighted by molar-refractivity contribution is 7.92. The molecule has 192 valence electrons. The van der Waals surface area contributed by atoms with E-state index in [0.29, 0.717) is 22.9 Å². The third-order valence-electron chi connectivity index (χ3n) is 5.13. The number of hydrogen-bond acceptors (Lipinski definition) is 4. The zero-order valence-corrected chi connectivity index (χ0v) is 21.0. The number of amides is 1. The van der Waals surface area contributed by atoms with Crippen molar-refractivity contribution in [3.05, 3.63) is 94.0 Å². The molecule has 0 aliphatic rings. The molecule has 0 heterocycles. The molecule has 6 nitrogen and oxygen atoms in total. The van der Waals surface area contributed by atoms with Crippen LogP contribution in [0.5, 0.6) is 5.75 Å². The van der Waals surface area contributed by atoms with E-state index in [1.165, 1.54) is 24.3 Å². The molecule has 0 spiro atoms. The average molecular weight is 541 g/mol. The first kappa shape index (κ1) is 27.3. The smallest absolute Gasteiger partial charge is 0.416 e. The molecule has 1 N–H and O–H groups in total. The van der Waals surface area contributed by atoms with E-state index < -0.39 is 21.8 Å². The second kappa shape index (κ2) is 11.2. The van der Waals surface area contributed by atoms with Crippen LogP contribution in [0.2, 0.25) is 5.02 Å². The van der Waals surface area contributed by atoms with Crippen molar-refractivity contribution in [2.75, 3.05) is 23.7 Å². The predicted octanol–water partition coefficient (Wildman–Crippen LogP) is 5.44. The Labute approximate surface area is 212 Å². The van der Waals surface area contributed by atoms with Crippen LogP contribution in [0.15, 0.2) is 66.7 Å². The molecule has 0 aromatic heterocycles. The van der Waals surface area contributed by atoms with Gasteiger partial charge >= 0.3 is 6.18 Å². The highest BCUT2D eigenvalue weighted by Gasteiger charge is 2.32. The van der Waals surface area contributed by atoms with Crippen molar-refractivity contribution in [2.45, 2.75) is 19.6 Å². The SMILES string of the molecule is Cc1cccc(OCCNC(=O)c2ccc(CN(c3cc(C(F)(F)F)ccc3Cl)S(C)(=O)=O)cc2)c1. The molecule has 11 heteroatoms. The fourth-order valence-electron chi connectivity index (χ4n) is 3.33. The van der Waals surface area contributed by atoms with Crippen molar-refractivity contribution in [1.29, 1.82) is 0 Å². The first-order chi connectivity index (χ1) is 16.8. The third-order valence-corrected chi connectivity index (χ3v) is 6.58. The van der Waals surface area contributed by atoms with Crippen molar-refractivity contribution in [2.24, 2.45) is 0 Å². The van der Waals surface area contributed by atoms with Gasteiger partial charge in [-0.2, -0.15) is 13.2 Å². The molecule has 0 bridgehead atoms. The second-order valence-corrected chi connectivity index (χ2v) is 10.4. The van der Waals surface area contributed by atoms with Crippen LogP contribution in [0.3, 0.4) is 0 Å². The first-order valence-electron chi connectivity index (χ1n) is 10.8. The summed E-state index contributed by atoms with van der Waals surface area (Å²) in [4.78, 5) is 12.4. The quantitative estimate of drug-likeness (QED) is 0.367. The van der Waals surface area contributed by atoms with Crippen LogP contribution in [0, 0.1) is 6.92 Å². The summed E-state index contributed by atoms with van der Waals surface area (Å²) >= 11 is 6.05. The highest BCUT2D eigenvalue weighted by atomic mass is 35.5. The van der Waals surface area contributed by atoms with Gasteiger partial charge in [-0.3, -0.25) is 9.10 Å². The van der Waals surface area contributed by atoms with E-state index in [9.17, 15) is 26.4 Å². The normalized spacial score (nSPS) is 11.7. The van der Waals surface area contributed by atoms with Gasteiger partial charge in [0.2, 0.25) is 10.0 Å². The number of hydrogen-bond donors (Lipinski definition) is 1. The number of anilines is 1. The number of carbonyl (C=O) groups is 1. The van der Waals surface area contributed by atoms with Gasteiger partial charge in [0, 0.05) is 5.56 Å². The lowest BCUT2D eigenvalue weighted by atomic mass is 10.1. The van der Waals surface area contributed by atoms with E-state index in [1.807, 2.05) is 31.2 Å². The standard InChI is InChI=1S/C25H24ClF3N2O4S/c1-17-4-3-5-21(14-17)35-13-12-30-24(32)19-8-6-18(7-9-19)16-31(36(2,33)34)23-15-20(25(27,28)29)10-11-22(23)26/h3-11,14-15H,12-13,16H2,1-2H3,(H,30,32).